The van der Waals surface area contributed by atoms with Crippen molar-refractivity contribution in [1.29, 1.82) is 0 Å². The Hall–Kier alpha value is -2.55. The summed E-state index contributed by atoms with van der Waals surface area (Å²) in [6, 6.07) is 7.87. The lowest BCUT2D eigenvalue weighted by Crippen LogP contribution is -1.87. The standard InChI is InChI=1S/C17H16O3/c1-12(10-17(18)19)6-5-7-13(2)15-11-20-16-9-4-3-8-14(15)16/h3-11H,1-2H3,(H,18,19)/b6-5+,12-10+,13-7-. The number of fused-ring (bicyclic) bond motifs is 1. The number of carboxylic acids is 1. The highest BCUT2D eigenvalue weighted by molar-refractivity contribution is 5.90. The SMILES string of the molecule is C/C(=C/C=C/C(C)=C/C(=O)O)c1coc2ccccc12. The van der Waals surface area contributed by atoms with E-state index >= 15 is 0 Å². The van der Waals surface area contributed by atoms with Crippen LogP contribution in [0.4, 0.5) is 0 Å². The van der Waals surface area contributed by atoms with Gasteiger partial charge in [0.1, 0.15) is 5.58 Å². The van der Waals surface area contributed by atoms with Crippen LogP contribution in [-0.2, 0) is 4.79 Å². The Labute approximate surface area is 117 Å². The van der Waals surface area contributed by atoms with Crippen molar-refractivity contribution in [2.75, 3.05) is 0 Å². The van der Waals surface area contributed by atoms with E-state index in [9.17, 15) is 4.79 Å². The highest BCUT2D eigenvalue weighted by atomic mass is 16.4. The van der Waals surface area contributed by atoms with Crippen LogP contribution in [0.1, 0.15) is 19.4 Å². The Morgan fingerprint density at radius 2 is 2.00 bits per heavy atom. The second kappa shape index (κ2) is 6.06. The van der Waals surface area contributed by atoms with Gasteiger partial charge in [-0.05, 0) is 31.1 Å². The Balaban J connectivity index is 2.23. The zero-order valence-electron chi connectivity index (χ0n) is 11.5. The van der Waals surface area contributed by atoms with Crippen molar-refractivity contribution in [2.24, 2.45) is 0 Å². The minimum absolute atomic E-state index is 0.693. The summed E-state index contributed by atoms with van der Waals surface area (Å²) in [6.45, 7) is 3.75. The van der Waals surface area contributed by atoms with Gasteiger partial charge in [-0.2, -0.15) is 0 Å². The van der Waals surface area contributed by atoms with E-state index in [-0.39, 0.29) is 0 Å². The largest absolute Gasteiger partial charge is 0.478 e. The van der Waals surface area contributed by atoms with E-state index in [4.69, 9.17) is 9.52 Å². The van der Waals surface area contributed by atoms with Gasteiger partial charge < -0.3 is 9.52 Å². The summed E-state index contributed by atoms with van der Waals surface area (Å²) in [7, 11) is 0. The van der Waals surface area contributed by atoms with Crippen molar-refractivity contribution < 1.29 is 14.3 Å². The summed E-state index contributed by atoms with van der Waals surface area (Å²) in [5.41, 5.74) is 3.67. The smallest absolute Gasteiger partial charge is 0.328 e. The predicted octanol–water partition coefficient (Wildman–Crippen LogP) is 4.42. The third kappa shape index (κ3) is 3.26. The second-order valence-corrected chi connectivity index (χ2v) is 4.58. The number of allylic oxidation sites excluding steroid dienone is 5. The lowest BCUT2D eigenvalue weighted by Gasteiger charge is -1.96. The van der Waals surface area contributed by atoms with Gasteiger partial charge in [-0.25, -0.2) is 4.79 Å². The first-order chi connectivity index (χ1) is 9.58. The summed E-state index contributed by atoms with van der Waals surface area (Å²) in [4.78, 5) is 10.5. The van der Waals surface area contributed by atoms with Crippen LogP contribution in [0.25, 0.3) is 16.5 Å². The Bertz CT molecular complexity index is 715. The molecule has 0 unspecified atom stereocenters. The molecule has 0 fully saturated rings. The fraction of sp³-hybridized carbons (Fsp3) is 0.118. The lowest BCUT2D eigenvalue weighted by molar-refractivity contribution is -0.131. The Morgan fingerprint density at radius 1 is 1.25 bits per heavy atom. The molecule has 0 bridgehead atoms. The van der Waals surface area contributed by atoms with Gasteiger partial charge in [0, 0.05) is 17.0 Å². The highest BCUT2D eigenvalue weighted by Crippen LogP contribution is 2.26. The summed E-state index contributed by atoms with van der Waals surface area (Å²) in [5.74, 6) is -0.936. The van der Waals surface area contributed by atoms with Crippen LogP contribution in [0.3, 0.4) is 0 Å². The zero-order chi connectivity index (χ0) is 14.5. The number of hydrogen-bond donors (Lipinski definition) is 1. The van der Waals surface area contributed by atoms with Crippen molar-refractivity contribution >= 4 is 22.5 Å². The number of rotatable bonds is 4. The maximum atomic E-state index is 10.5. The first-order valence-electron chi connectivity index (χ1n) is 6.30. The predicted molar refractivity (Wildman–Crippen MR) is 80.4 cm³/mol. The van der Waals surface area contributed by atoms with Crippen LogP contribution in [-0.4, -0.2) is 11.1 Å². The minimum Gasteiger partial charge on any atom is -0.478 e. The summed E-state index contributed by atoms with van der Waals surface area (Å²) in [5, 5.41) is 9.70. The maximum Gasteiger partial charge on any atom is 0.328 e. The van der Waals surface area contributed by atoms with E-state index in [2.05, 4.69) is 0 Å². The molecule has 2 rings (SSSR count). The first kappa shape index (κ1) is 13.9. The average molecular weight is 268 g/mol. The van der Waals surface area contributed by atoms with Crippen molar-refractivity contribution in [2.45, 2.75) is 13.8 Å². The molecule has 0 aliphatic heterocycles. The molecule has 2 aromatic rings. The zero-order valence-corrected chi connectivity index (χ0v) is 11.5. The fourth-order valence-corrected chi connectivity index (χ4v) is 1.96. The van der Waals surface area contributed by atoms with E-state index in [0.717, 1.165) is 22.1 Å². The molecule has 3 heteroatoms. The van der Waals surface area contributed by atoms with Gasteiger partial charge in [-0.1, -0.05) is 36.4 Å². The average Bonchev–Trinajstić information content (AvgIpc) is 2.81. The first-order valence-corrected chi connectivity index (χ1v) is 6.30. The number of carboxylic acid groups (broad SMARTS) is 1. The second-order valence-electron chi connectivity index (χ2n) is 4.58. The molecule has 0 amide bonds. The molecule has 0 atom stereocenters. The van der Waals surface area contributed by atoms with E-state index in [1.54, 1.807) is 19.3 Å². The van der Waals surface area contributed by atoms with Crippen LogP contribution in [0.5, 0.6) is 0 Å². The quantitative estimate of drug-likeness (QED) is 0.659. The number of carbonyl (C=O) groups is 1. The summed E-state index contributed by atoms with van der Waals surface area (Å²) >= 11 is 0. The molecule has 102 valence electrons. The third-order valence-electron chi connectivity index (χ3n) is 2.96. The molecule has 0 spiro atoms. The van der Waals surface area contributed by atoms with Crippen LogP contribution in [0.15, 0.2) is 64.8 Å². The van der Waals surface area contributed by atoms with Gasteiger partial charge in [0.2, 0.25) is 0 Å². The number of aliphatic carboxylic acids is 1. The molecule has 1 aromatic heterocycles. The van der Waals surface area contributed by atoms with Crippen LogP contribution < -0.4 is 0 Å². The molecule has 1 N–H and O–H groups in total. The number of para-hydroxylation sites is 1. The topological polar surface area (TPSA) is 50.4 Å². The lowest BCUT2D eigenvalue weighted by atomic mass is 10.1. The molecular formula is C17H16O3. The fourth-order valence-electron chi connectivity index (χ4n) is 1.96. The van der Waals surface area contributed by atoms with Gasteiger partial charge in [0.25, 0.3) is 0 Å². The van der Waals surface area contributed by atoms with Crippen LogP contribution in [0.2, 0.25) is 0 Å². The van der Waals surface area contributed by atoms with Crippen LogP contribution >= 0.6 is 0 Å². The molecule has 0 radical (unpaired) electrons. The number of furan rings is 1. The minimum atomic E-state index is -0.936. The van der Waals surface area contributed by atoms with E-state index < -0.39 is 5.97 Å². The van der Waals surface area contributed by atoms with E-state index in [1.807, 2.05) is 43.3 Å². The molecule has 0 aliphatic rings. The van der Waals surface area contributed by atoms with Gasteiger partial charge in [0.15, 0.2) is 0 Å². The maximum absolute atomic E-state index is 10.5. The summed E-state index contributed by atoms with van der Waals surface area (Å²) in [6.07, 6.45) is 8.46. The molecule has 20 heavy (non-hydrogen) atoms. The molecule has 3 nitrogen and oxygen atoms in total. The number of benzene rings is 1. The van der Waals surface area contributed by atoms with Gasteiger partial charge >= 0.3 is 5.97 Å². The molecule has 1 aromatic carbocycles. The van der Waals surface area contributed by atoms with E-state index in [0.29, 0.717) is 5.57 Å². The molecule has 0 saturated heterocycles. The van der Waals surface area contributed by atoms with E-state index in [1.165, 1.54) is 6.08 Å². The van der Waals surface area contributed by atoms with Crippen molar-refractivity contribution in [3.8, 4) is 0 Å². The van der Waals surface area contributed by atoms with Gasteiger partial charge in [0.05, 0.1) is 6.26 Å². The van der Waals surface area contributed by atoms with Crippen molar-refractivity contribution in [3.05, 3.63) is 66.0 Å². The molecule has 0 saturated carbocycles. The molecular weight excluding hydrogens is 252 g/mol. The van der Waals surface area contributed by atoms with Crippen molar-refractivity contribution in [3.63, 3.8) is 0 Å². The molecule has 0 aliphatic carbocycles. The Kier molecular flexibility index (Phi) is 4.20. The Morgan fingerprint density at radius 3 is 2.75 bits per heavy atom. The summed E-state index contributed by atoms with van der Waals surface area (Å²) < 4.78 is 5.50. The highest BCUT2D eigenvalue weighted by Gasteiger charge is 2.05. The van der Waals surface area contributed by atoms with Gasteiger partial charge in [-0.3, -0.25) is 0 Å². The van der Waals surface area contributed by atoms with Gasteiger partial charge in [-0.15, -0.1) is 0 Å². The third-order valence-corrected chi connectivity index (χ3v) is 2.96. The number of hydrogen-bond acceptors (Lipinski definition) is 2. The van der Waals surface area contributed by atoms with Crippen LogP contribution in [0, 0.1) is 0 Å². The monoisotopic (exact) mass is 268 g/mol. The normalized spacial score (nSPS) is 13.3. The van der Waals surface area contributed by atoms with Crippen molar-refractivity contribution in [1.82, 2.24) is 0 Å². The molecule has 1 heterocycles.